The molecule has 4 aliphatic rings. The van der Waals surface area contributed by atoms with E-state index in [-0.39, 0.29) is 34.6 Å². The van der Waals surface area contributed by atoms with Crippen LogP contribution in [-0.2, 0) is 9.59 Å². The molecule has 0 spiro atoms. The smallest absolute Gasteiger partial charge is 0.243 e. The molecule has 7 atom stereocenters. The van der Waals surface area contributed by atoms with Crippen LogP contribution in [0.15, 0.2) is 12.2 Å². The van der Waals surface area contributed by atoms with Crippen molar-refractivity contribution in [2.45, 2.75) is 90.6 Å². The van der Waals surface area contributed by atoms with Crippen LogP contribution in [0.5, 0.6) is 0 Å². The Bertz CT molecular complexity index is 795. The highest BCUT2D eigenvalue weighted by Crippen LogP contribution is 2.65. The van der Waals surface area contributed by atoms with Crippen LogP contribution in [0.1, 0.15) is 79.1 Å². The van der Waals surface area contributed by atoms with Crippen molar-refractivity contribution in [1.82, 2.24) is 10.6 Å². The maximum atomic E-state index is 13.4. The molecule has 5 nitrogen and oxygen atoms in total. The SMILES string of the molecule is CCC(C#N)(CC)NC(=O)C1CC[C@H]2[C@@H]3CCC4NC(=O)C=C[C@]4(C)[C@@H]3CC[C@]12C. The number of amides is 2. The first kappa shape index (κ1) is 21.4. The highest BCUT2D eigenvalue weighted by molar-refractivity contribution is 5.89. The number of carbonyl (C=O) groups excluding carboxylic acids is 2. The maximum absolute atomic E-state index is 13.4. The molecule has 0 aromatic heterocycles. The van der Waals surface area contributed by atoms with E-state index in [9.17, 15) is 14.9 Å². The van der Waals surface area contributed by atoms with E-state index in [1.165, 1.54) is 0 Å². The molecule has 2 unspecified atom stereocenters. The molecule has 30 heavy (non-hydrogen) atoms. The third-order valence-corrected chi connectivity index (χ3v) is 9.79. The molecule has 3 saturated carbocycles. The van der Waals surface area contributed by atoms with E-state index in [4.69, 9.17) is 0 Å². The summed E-state index contributed by atoms with van der Waals surface area (Å²) in [7, 11) is 0. The number of hydrogen-bond acceptors (Lipinski definition) is 3. The molecule has 0 aromatic rings. The fourth-order valence-electron chi connectivity index (χ4n) is 7.70. The number of hydrogen-bond donors (Lipinski definition) is 2. The fraction of sp³-hybridized carbons (Fsp3) is 0.800. The Hall–Kier alpha value is -1.83. The molecule has 3 aliphatic carbocycles. The first-order valence-electron chi connectivity index (χ1n) is 12.0. The summed E-state index contributed by atoms with van der Waals surface area (Å²) in [6.07, 6.45) is 11.6. The molecule has 0 saturated heterocycles. The zero-order chi connectivity index (χ0) is 21.7. The number of carbonyl (C=O) groups is 2. The Labute approximate surface area is 181 Å². The molecule has 0 aromatic carbocycles. The Balaban J connectivity index is 1.56. The highest BCUT2D eigenvalue weighted by Gasteiger charge is 2.61. The lowest BCUT2D eigenvalue weighted by Crippen LogP contribution is -2.60. The average molecular weight is 412 g/mol. The van der Waals surface area contributed by atoms with E-state index >= 15 is 0 Å². The second-order valence-corrected chi connectivity index (χ2v) is 10.8. The van der Waals surface area contributed by atoms with Crippen LogP contribution in [0.4, 0.5) is 0 Å². The standard InChI is InChI=1S/C25H37N3O2/c1-5-25(6-2,15-26)28-22(30)19-9-8-17-16-7-10-20-24(4,14-12-21(29)27-20)18(16)11-13-23(17,19)3/h12,14,16-20H,5-11,13H2,1-4H3,(H,27,29)(H,28,30)/t16-,17-,18+,19?,20?,23-,24+/m0/s1. The second kappa shape index (κ2) is 7.39. The molecule has 2 amide bonds. The van der Waals surface area contributed by atoms with Crippen molar-refractivity contribution < 1.29 is 9.59 Å². The maximum Gasteiger partial charge on any atom is 0.243 e. The minimum atomic E-state index is -0.737. The molecular formula is C25H37N3O2. The van der Waals surface area contributed by atoms with Crippen molar-refractivity contribution in [3.8, 4) is 6.07 Å². The summed E-state index contributed by atoms with van der Waals surface area (Å²) in [6.45, 7) is 8.62. The van der Waals surface area contributed by atoms with Gasteiger partial charge in [-0.1, -0.05) is 33.8 Å². The lowest BCUT2D eigenvalue weighted by molar-refractivity contribution is -0.135. The molecular weight excluding hydrogens is 374 g/mol. The van der Waals surface area contributed by atoms with E-state index in [2.05, 4.69) is 36.6 Å². The molecule has 2 N–H and O–H groups in total. The summed E-state index contributed by atoms with van der Waals surface area (Å²) < 4.78 is 0. The molecule has 1 aliphatic heterocycles. The average Bonchev–Trinajstić information content (AvgIpc) is 3.10. The van der Waals surface area contributed by atoms with E-state index in [1.54, 1.807) is 6.08 Å². The van der Waals surface area contributed by atoms with Gasteiger partial charge in [0.05, 0.1) is 6.07 Å². The normalized spacial score (nSPS) is 42.4. The van der Waals surface area contributed by atoms with Gasteiger partial charge in [0.2, 0.25) is 11.8 Å². The van der Waals surface area contributed by atoms with Gasteiger partial charge in [-0.25, -0.2) is 0 Å². The van der Waals surface area contributed by atoms with Crippen molar-refractivity contribution in [3.05, 3.63) is 12.2 Å². The highest BCUT2D eigenvalue weighted by atomic mass is 16.2. The van der Waals surface area contributed by atoms with Crippen molar-refractivity contribution in [2.24, 2.45) is 34.5 Å². The topological polar surface area (TPSA) is 82.0 Å². The lowest BCUT2D eigenvalue weighted by atomic mass is 9.48. The van der Waals surface area contributed by atoms with Gasteiger partial charge in [-0.2, -0.15) is 5.26 Å². The van der Waals surface area contributed by atoms with Crippen LogP contribution in [0, 0.1) is 45.8 Å². The number of nitrogens with one attached hydrogen (secondary N) is 2. The van der Waals surface area contributed by atoms with Gasteiger partial charge < -0.3 is 10.6 Å². The summed E-state index contributed by atoms with van der Waals surface area (Å²) in [5.74, 6) is 1.87. The predicted molar refractivity (Wildman–Crippen MR) is 116 cm³/mol. The van der Waals surface area contributed by atoms with Gasteiger partial charge in [0.15, 0.2) is 0 Å². The summed E-state index contributed by atoms with van der Waals surface area (Å²) >= 11 is 0. The third kappa shape index (κ3) is 3.01. The lowest BCUT2D eigenvalue weighted by Gasteiger charge is -2.58. The zero-order valence-electron chi connectivity index (χ0n) is 19.0. The van der Waals surface area contributed by atoms with Crippen LogP contribution in [-0.4, -0.2) is 23.4 Å². The van der Waals surface area contributed by atoms with Gasteiger partial charge in [-0.3, -0.25) is 9.59 Å². The number of nitriles is 1. The van der Waals surface area contributed by atoms with Gasteiger partial charge in [0, 0.05) is 17.4 Å². The van der Waals surface area contributed by atoms with E-state index in [1.807, 2.05) is 13.8 Å². The van der Waals surface area contributed by atoms with Crippen molar-refractivity contribution in [1.29, 1.82) is 5.26 Å². The van der Waals surface area contributed by atoms with E-state index < -0.39 is 5.54 Å². The summed E-state index contributed by atoms with van der Waals surface area (Å²) in [6, 6.07) is 2.61. The Kier molecular flexibility index (Phi) is 5.27. The molecule has 0 bridgehead atoms. The van der Waals surface area contributed by atoms with Gasteiger partial charge in [0.25, 0.3) is 0 Å². The minimum absolute atomic E-state index is 0.00130. The van der Waals surface area contributed by atoms with Gasteiger partial charge in [-0.05, 0) is 80.6 Å². The van der Waals surface area contributed by atoms with Crippen molar-refractivity contribution in [3.63, 3.8) is 0 Å². The Morgan fingerprint density at radius 1 is 1.20 bits per heavy atom. The van der Waals surface area contributed by atoms with Gasteiger partial charge >= 0.3 is 0 Å². The monoisotopic (exact) mass is 411 g/mol. The molecule has 3 fully saturated rings. The number of fused-ring (bicyclic) bond motifs is 5. The summed E-state index contributed by atoms with van der Waals surface area (Å²) in [4.78, 5) is 25.3. The van der Waals surface area contributed by atoms with E-state index in [0.717, 1.165) is 38.5 Å². The van der Waals surface area contributed by atoms with Crippen LogP contribution >= 0.6 is 0 Å². The van der Waals surface area contributed by atoms with Crippen LogP contribution in [0.2, 0.25) is 0 Å². The number of nitrogens with zero attached hydrogens (tertiary/aromatic N) is 1. The molecule has 164 valence electrons. The second-order valence-electron chi connectivity index (χ2n) is 10.8. The zero-order valence-corrected chi connectivity index (χ0v) is 19.0. The fourth-order valence-corrected chi connectivity index (χ4v) is 7.70. The Morgan fingerprint density at radius 2 is 1.93 bits per heavy atom. The van der Waals surface area contributed by atoms with Crippen LogP contribution in [0.3, 0.4) is 0 Å². The Morgan fingerprint density at radius 3 is 2.60 bits per heavy atom. The third-order valence-electron chi connectivity index (χ3n) is 9.79. The first-order valence-corrected chi connectivity index (χ1v) is 12.0. The molecule has 0 radical (unpaired) electrons. The van der Waals surface area contributed by atoms with Crippen molar-refractivity contribution in [2.75, 3.05) is 0 Å². The van der Waals surface area contributed by atoms with Gasteiger partial charge in [0.1, 0.15) is 5.54 Å². The summed E-state index contributed by atoms with van der Waals surface area (Å²) in [5.41, 5.74) is -0.697. The van der Waals surface area contributed by atoms with Crippen LogP contribution < -0.4 is 10.6 Å². The quantitative estimate of drug-likeness (QED) is 0.731. The molecule has 4 rings (SSSR count). The van der Waals surface area contributed by atoms with E-state index in [0.29, 0.717) is 30.6 Å². The van der Waals surface area contributed by atoms with Crippen LogP contribution in [0.25, 0.3) is 0 Å². The molecule has 5 heteroatoms. The van der Waals surface area contributed by atoms with Crippen molar-refractivity contribution >= 4 is 11.8 Å². The van der Waals surface area contributed by atoms with Gasteiger partial charge in [-0.15, -0.1) is 0 Å². The largest absolute Gasteiger partial charge is 0.349 e. The molecule has 1 heterocycles. The number of rotatable bonds is 4. The predicted octanol–water partition coefficient (Wildman–Crippen LogP) is 4.10. The summed E-state index contributed by atoms with van der Waals surface area (Å²) in [5, 5.41) is 16.0. The first-order chi connectivity index (χ1) is 14.2. The minimum Gasteiger partial charge on any atom is -0.349 e.